The summed E-state index contributed by atoms with van der Waals surface area (Å²) in [5, 5.41) is 0. The van der Waals surface area contributed by atoms with Crippen molar-refractivity contribution in [3.63, 3.8) is 0 Å². The van der Waals surface area contributed by atoms with Gasteiger partial charge >= 0.3 is 11.9 Å². The maximum absolute atomic E-state index is 12.2. The van der Waals surface area contributed by atoms with Crippen molar-refractivity contribution in [2.45, 2.75) is 57.5 Å². The molecule has 4 aliphatic rings. The standard InChI is InChI=1S/C18H28O5/c1-18(14-8-12-7-13(10-14)11-15(18)9-12)23-17(20)4-6-22-16(19)3-5-21-2/h12-15H,3-11H2,1-2H3. The highest BCUT2D eigenvalue weighted by atomic mass is 16.6. The third-order valence-corrected chi connectivity index (χ3v) is 6.17. The molecule has 130 valence electrons. The second kappa shape index (κ2) is 6.80. The van der Waals surface area contributed by atoms with E-state index in [-0.39, 0.29) is 37.0 Å². The lowest BCUT2D eigenvalue weighted by molar-refractivity contribution is -0.204. The van der Waals surface area contributed by atoms with Crippen molar-refractivity contribution in [2.75, 3.05) is 20.3 Å². The van der Waals surface area contributed by atoms with Crippen LogP contribution in [0.15, 0.2) is 0 Å². The van der Waals surface area contributed by atoms with Gasteiger partial charge in [0.05, 0.1) is 19.4 Å². The van der Waals surface area contributed by atoms with Gasteiger partial charge in [-0.05, 0) is 62.7 Å². The monoisotopic (exact) mass is 324 g/mol. The first-order valence-electron chi connectivity index (χ1n) is 8.87. The Labute approximate surface area is 138 Å². The minimum Gasteiger partial charge on any atom is -0.465 e. The molecule has 5 heteroatoms. The van der Waals surface area contributed by atoms with Crippen molar-refractivity contribution in [1.29, 1.82) is 0 Å². The van der Waals surface area contributed by atoms with Crippen LogP contribution in [0.3, 0.4) is 0 Å². The Morgan fingerprint density at radius 2 is 1.48 bits per heavy atom. The van der Waals surface area contributed by atoms with E-state index in [1.54, 1.807) is 0 Å². The molecule has 4 rings (SSSR count). The Balaban J connectivity index is 1.45. The average Bonchev–Trinajstić information content (AvgIpc) is 2.50. The van der Waals surface area contributed by atoms with Gasteiger partial charge in [-0.1, -0.05) is 0 Å². The summed E-state index contributed by atoms with van der Waals surface area (Å²) in [6.07, 6.45) is 6.59. The van der Waals surface area contributed by atoms with Crippen LogP contribution in [0.2, 0.25) is 0 Å². The van der Waals surface area contributed by atoms with Gasteiger partial charge in [0.15, 0.2) is 0 Å². The SMILES string of the molecule is COCCC(=O)OCCC(=O)OC1(C)C2CC3CC(C2)CC1C3. The van der Waals surface area contributed by atoms with E-state index in [0.717, 1.165) is 11.8 Å². The lowest BCUT2D eigenvalue weighted by Gasteiger charge is -2.59. The minimum absolute atomic E-state index is 0.0953. The van der Waals surface area contributed by atoms with E-state index in [2.05, 4.69) is 6.92 Å². The quantitative estimate of drug-likeness (QED) is 0.674. The number of rotatable bonds is 7. The van der Waals surface area contributed by atoms with E-state index in [4.69, 9.17) is 14.2 Å². The predicted molar refractivity (Wildman–Crippen MR) is 83.6 cm³/mol. The molecule has 4 bridgehead atoms. The van der Waals surface area contributed by atoms with Crippen LogP contribution in [0.1, 0.15) is 51.9 Å². The van der Waals surface area contributed by atoms with Gasteiger partial charge in [0.25, 0.3) is 0 Å². The predicted octanol–water partition coefficient (Wildman–Crippen LogP) is 2.71. The molecule has 0 spiro atoms. The lowest BCUT2D eigenvalue weighted by atomic mass is 9.50. The van der Waals surface area contributed by atoms with Crippen molar-refractivity contribution < 1.29 is 23.8 Å². The molecule has 0 aliphatic heterocycles. The average molecular weight is 324 g/mol. The minimum atomic E-state index is -0.333. The van der Waals surface area contributed by atoms with Gasteiger partial charge in [0, 0.05) is 7.11 Å². The second-order valence-corrected chi connectivity index (χ2v) is 7.68. The molecule has 0 aromatic carbocycles. The van der Waals surface area contributed by atoms with Crippen LogP contribution in [-0.4, -0.2) is 37.9 Å². The first-order valence-corrected chi connectivity index (χ1v) is 8.87. The van der Waals surface area contributed by atoms with Crippen LogP contribution in [0.4, 0.5) is 0 Å². The third kappa shape index (κ3) is 3.54. The van der Waals surface area contributed by atoms with Gasteiger partial charge in [0.2, 0.25) is 0 Å². The smallest absolute Gasteiger partial charge is 0.309 e. The molecule has 0 aromatic rings. The third-order valence-electron chi connectivity index (χ3n) is 6.17. The van der Waals surface area contributed by atoms with Gasteiger partial charge in [-0.3, -0.25) is 9.59 Å². The fraction of sp³-hybridized carbons (Fsp3) is 0.889. The van der Waals surface area contributed by atoms with E-state index in [9.17, 15) is 9.59 Å². The molecule has 23 heavy (non-hydrogen) atoms. The zero-order valence-electron chi connectivity index (χ0n) is 14.2. The maximum atomic E-state index is 12.2. The topological polar surface area (TPSA) is 61.8 Å². The van der Waals surface area contributed by atoms with E-state index >= 15 is 0 Å². The number of esters is 2. The summed E-state index contributed by atoms with van der Waals surface area (Å²) in [7, 11) is 1.54. The summed E-state index contributed by atoms with van der Waals surface area (Å²) in [5.41, 5.74) is -0.301. The van der Waals surface area contributed by atoms with Gasteiger partial charge in [-0.25, -0.2) is 0 Å². The van der Waals surface area contributed by atoms with Crippen molar-refractivity contribution in [2.24, 2.45) is 23.7 Å². The molecule has 0 N–H and O–H groups in total. The van der Waals surface area contributed by atoms with Crippen LogP contribution < -0.4 is 0 Å². The maximum Gasteiger partial charge on any atom is 0.309 e. The molecule has 0 amide bonds. The molecule has 5 nitrogen and oxygen atoms in total. The van der Waals surface area contributed by atoms with Gasteiger partial charge in [0.1, 0.15) is 12.2 Å². The Bertz CT molecular complexity index is 430. The molecule has 0 unspecified atom stereocenters. The summed E-state index contributed by atoms with van der Waals surface area (Å²) in [6.45, 7) is 2.56. The summed E-state index contributed by atoms with van der Waals surface area (Å²) in [5.74, 6) is 2.18. The molecule has 4 saturated carbocycles. The van der Waals surface area contributed by atoms with Crippen molar-refractivity contribution in [1.82, 2.24) is 0 Å². The van der Waals surface area contributed by atoms with Gasteiger partial charge in [-0.2, -0.15) is 0 Å². The molecule has 0 heterocycles. The fourth-order valence-electron chi connectivity index (χ4n) is 5.09. The number of hydrogen-bond donors (Lipinski definition) is 0. The van der Waals surface area contributed by atoms with E-state index < -0.39 is 0 Å². The Hall–Kier alpha value is -1.10. The Morgan fingerprint density at radius 1 is 0.913 bits per heavy atom. The number of hydrogen-bond acceptors (Lipinski definition) is 5. The largest absolute Gasteiger partial charge is 0.465 e. The van der Waals surface area contributed by atoms with Crippen molar-refractivity contribution >= 4 is 11.9 Å². The van der Waals surface area contributed by atoms with Crippen LogP contribution >= 0.6 is 0 Å². The molecule has 0 aromatic heterocycles. The summed E-state index contributed by atoms with van der Waals surface area (Å²) < 4.78 is 15.8. The van der Waals surface area contributed by atoms with Crippen LogP contribution in [-0.2, 0) is 23.8 Å². The molecule has 0 radical (unpaired) electrons. The summed E-state index contributed by atoms with van der Waals surface area (Å²) in [4.78, 5) is 23.6. The number of ether oxygens (including phenoxy) is 3. The van der Waals surface area contributed by atoms with E-state index in [0.29, 0.717) is 18.4 Å². The highest BCUT2D eigenvalue weighted by Gasteiger charge is 2.56. The lowest BCUT2D eigenvalue weighted by Crippen LogP contribution is -2.58. The number of carbonyl (C=O) groups excluding carboxylic acids is 2. The molecular weight excluding hydrogens is 296 g/mol. The van der Waals surface area contributed by atoms with Crippen LogP contribution in [0.25, 0.3) is 0 Å². The Kier molecular flexibility index (Phi) is 4.95. The zero-order chi connectivity index (χ0) is 16.4. The van der Waals surface area contributed by atoms with Crippen molar-refractivity contribution in [3.05, 3.63) is 0 Å². The van der Waals surface area contributed by atoms with Crippen LogP contribution in [0.5, 0.6) is 0 Å². The van der Waals surface area contributed by atoms with Gasteiger partial charge in [-0.15, -0.1) is 0 Å². The number of methoxy groups -OCH3 is 1. The van der Waals surface area contributed by atoms with Gasteiger partial charge < -0.3 is 14.2 Å². The van der Waals surface area contributed by atoms with Crippen molar-refractivity contribution in [3.8, 4) is 0 Å². The zero-order valence-corrected chi connectivity index (χ0v) is 14.2. The highest BCUT2D eigenvalue weighted by molar-refractivity contribution is 5.72. The molecule has 4 aliphatic carbocycles. The normalized spacial score (nSPS) is 37.7. The molecule has 0 atom stereocenters. The van der Waals surface area contributed by atoms with E-state index in [1.807, 2.05) is 0 Å². The molecule has 0 saturated heterocycles. The fourth-order valence-corrected chi connectivity index (χ4v) is 5.09. The summed E-state index contributed by atoms with van der Waals surface area (Å²) in [6, 6.07) is 0. The Morgan fingerprint density at radius 3 is 2.04 bits per heavy atom. The first-order chi connectivity index (χ1) is 11.0. The molecular formula is C18H28O5. The van der Waals surface area contributed by atoms with E-state index in [1.165, 1.54) is 39.2 Å². The number of carbonyl (C=O) groups is 2. The highest BCUT2D eigenvalue weighted by Crippen LogP contribution is 2.59. The molecule has 4 fully saturated rings. The first kappa shape index (κ1) is 16.7. The van der Waals surface area contributed by atoms with Crippen LogP contribution in [0, 0.1) is 23.7 Å². The second-order valence-electron chi connectivity index (χ2n) is 7.68. The summed E-state index contributed by atoms with van der Waals surface area (Å²) >= 11 is 0.